The molecule has 2 unspecified atom stereocenters. The zero-order valence-electron chi connectivity index (χ0n) is 10.9. The second-order valence-electron chi connectivity index (χ2n) is 5.42. The van der Waals surface area contributed by atoms with Gasteiger partial charge in [0, 0.05) is 0 Å². The highest BCUT2D eigenvalue weighted by Crippen LogP contribution is 2.24. The molecule has 0 bridgehead atoms. The summed E-state index contributed by atoms with van der Waals surface area (Å²) in [7, 11) is 0. The van der Waals surface area contributed by atoms with E-state index in [1.54, 1.807) is 0 Å². The second-order valence-corrected chi connectivity index (χ2v) is 5.42. The molecule has 1 rings (SSSR count). The van der Waals surface area contributed by atoms with Crippen LogP contribution in [0.3, 0.4) is 0 Å². The third-order valence-electron chi connectivity index (χ3n) is 2.97. The highest BCUT2D eigenvalue weighted by Gasteiger charge is 2.41. The lowest BCUT2D eigenvalue weighted by atomic mass is 9.84. The van der Waals surface area contributed by atoms with Crippen LogP contribution in [0.1, 0.15) is 34.1 Å². The van der Waals surface area contributed by atoms with E-state index in [2.05, 4.69) is 11.2 Å². The zero-order valence-corrected chi connectivity index (χ0v) is 10.9. The summed E-state index contributed by atoms with van der Waals surface area (Å²) >= 11 is 0. The predicted octanol–water partition coefficient (Wildman–Crippen LogP) is 0.771. The number of terminal acetylenes is 1. The van der Waals surface area contributed by atoms with Crippen LogP contribution in [0.2, 0.25) is 0 Å². The van der Waals surface area contributed by atoms with Crippen LogP contribution in [0.25, 0.3) is 0 Å². The smallest absolute Gasteiger partial charge is 0.247 e. The number of nitrogens with zero attached hydrogens (tertiary/aromatic N) is 1. The monoisotopic (exact) mass is 236 g/mol. The molecule has 1 aliphatic rings. The van der Waals surface area contributed by atoms with Gasteiger partial charge in [-0.1, -0.05) is 33.6 Å². The number of carbonyl (C=O) groups excluding carboxylic acids is 2. The third kappa shape index (κ3) is 2.79. The van der Waals surface area contributed by atoms with Gasteiger partial charge in [0.15, 0.2) is 0 Å². The summed E-state index contributed by atoms with van der Waals surface area (Å²) in [6.45, 7) is 7.76. The van der Waals surface area contributed by atoms with Crippen molar-refractivity contribution in [2.75, 3.05) is 6.54 Å². The molecule has 1 N–H and O–H groups in total. The van der Waals surface area contributed by atoms with E-state index in [0.29, 0.717) is 6.42 Å². The Morgan fingerprint density at radius 1 is 1.53 bits per heavy atom. The summed E-state index contributed by atoms with van der Waals surface area (Å²) in [5.41, 5.74) is -0.307. The molecule has 0 radical (unpaired) electrons. The summed E-state index contributed by atoms with van der Waals surface area (Å²) in [6.07, 6.45) is 6.06. The molecule has 1 saturated heterocycles. The first-order valence-electron chi connectivity index (χ1n) is 5.87. The molecule has 1 heterocycles. The Kier molecular flexibility index (Phi) is 3.82. The van der Waals surface area contributed by atoms with Crippen LogP contribution >= 0.6 is 0 Å². The number of piperazine rings is 1. The van der Waals surface area contributed by atoms with E-state index in [4.69, 9.17) is 6.42 Å². The molecule has 17 heavy (non-hydrogen) atoms. The number of hydrogen-bond donors (Lipinski definition) is 1. The van der Waals surface area contributed by atoms with Gasteiger partial charge in [0.2, 0.25) is 11.8 Å². The van der Waals surface area contributed by atoms with Gasteiger partial charge in [-0.25, -0.2) is 0 Å². The molecule has 0 saturated carbocycles. The van der Waals surface area contributed by atoms with Gasteiger partial charge in [0.05, 0.1) is 6.04 Å². The second kappa shape index (κ2) is 4.79. The number of carbonyl (C=O) groups is 2. The van der Waals surface area contributed by atoms with Crippen molar-refractivity contribution in [3.05, 3.63) is 0 Å². The van der Waals surface area contributed by atoms with Gasteiger partial charge >= 0.3 is 0 Å². The van der Waals surface area contributed by atoms with Crippen molar-refractivity contribution in [1.82, 2.24) is 10.2 Å². The lowest BCUT2D eigenvalue weighted by molar-refractivity contribution is -0.148. The van der Waals surface area contributed by atoms with Crippen molar-refractivity contribution in [1.29, 1.82) is 0 Å². The molecule has 0 aliphatic carbocycles. The Balaban J connectivity index is 2.98. The maximum Gasteiger partial charge on any atom is 0.247 e. The minimum atomic E-state index is -0.494. The molecule has 2 amide bonds. The molecular weight excluding hydrogens is 216 g/mol. The van der Waals surface area contributed by atoms with Crippen LogP contribution < -0.4 is 5.32 Å². The molecule has 2 atom stereocenters. The van der Waals surface area contributed by atoms with Crippen LogP contribution in [-0.4, -0.2) is 35.3 Å². The molecule has 0 aromatic carbocycles. The van der Waals surface area contributed by atoms with E-state index in [0.717, 1.165) is 0 Å². The Hall–Kier alpha value is -1.50. The summed E-state index contributed by atoms with van der Waals surface area (Å²) in [4.78, 5) is 25.4. The minimum Gasteiger partial charge on any atom is -0.342 e. The zero-order chi connectivity index (χ0) is 13.2. The topological polar surface area (TPSA) is 49.4 Å². The Labute approximate surface area is 103 Å². The molecule has 0 aromatic heterocycles. The standard InChI is InChI=1S/C13H20N2O2/c1-6-9(7-2)15-8-10(16)14-11(12(15)17)13(3,4)5/h1,9,11H,7-8H2,2-5H3,(H,14,16). The van der Waals surface area contributed by atoms with Crippen LogP contribution in [0.4, 0.5) is 0 Å². The van der Waals surface area contributed by atoms with E-state index >= 15 is 0 Å². The quantitative estimate of drug-likeness (QED) is 0.720. The summed E-state index contributed by atoms with van der Waals surface area (Å²) < 4.78 is 0. The first-order chi connectivity index (χ1) is 7.81. The van der Waals surface area contributed by atoms with Crippen molar-refractivity contribution in [2.24, 2.45) is 5.41 Å². The molecule has 1 aliphatic heterocycles. The lowest BCUT2D eigenvalue weighted by Gasteiger charge is -2.40. The molecule has 0 aromatic rings. The maximum absolute atomic E-state index is 12.3. The van der Waals surface area contributed by atoms with Gasteiger partial charge in [-0.2, -0.15) is 0 Å². The fourth-order valence-electron chi connectivity index (χ4n) is 1.95. The van der Waals surface area contributed by atoms with E-state index in [1.165, 1.54) is 4.90 Å². The maximum atomic E-state index is 12.3. The van der Waals surface area contributed by atoms with Gasteiger partial charge in [-0.3, -0.25) is 9.59 Å². The van der Waals surface area contributed by atoms with Gasteiger partial charge < -0.3 is 10.2 Å². The number of rotatable bonds is 2. The fraction of sp³-hybridized carbons (Fsp3) is 0.692. The molecular formula is C13H20N2O2. The molecule has 4 nitrogen and oxygen atoms in total. The van der Waals surface area contributed by atoms with Crippen LogP contribution in [0.5, 0.6) is 0 Å². The number of amides is 2. The molecule has 1 fully saturated rings. The first kappa shape index (κ1) is 13.6. The largest absolute Gasteiger partial charge is 0.342 e. The highest BCUT2D eigenvalue weighted by molar-refractivity contribution is 5.95. The van der Waals surface area contributed by atoms with Crippen LogP contribution in [-0.2, 0) is 9.59 Å². The molecule has 4 heteroatoms. The Morgan fingerprint density at radius 3 is 2.53 bits per heavy atom. The first-order valence-corrected chi connectivity index (χ1v) is 5.87. The van der Waals surface area contributed by atoms with Crippen molar-refractivity contribution < 1.29 is 9.59 Å². The Morgan fingerprint density at radius 2 is 2.12 bits per heavy atom. The van der Waals surface area contributed by atoms with Gasteiger partial charge in [0.25, 0.3) is 0 Å². The molecule has 94 valence electrons. The predicted molar refractivity (Wildman–Crippen MR) is 66.0 cm³/mol. The van der Waals surface area contributed by atoms with E-state index in [1.807, 2.05) is 27.7 Å². The van der Waals surface area contributed by atoms with Crippen molar-refractivity contribution >= 4 is 11.8 Å². The fourth-order valence-corrected chi connectivity index (χ4v) is 1.95. The SMILES string of the molecule is C#CC(CC)N1CC(=O)NC(C(C)(C)C)C1=O. The summed E-state index contributed by atoms with van der Waals surface area (Å²) in [6, 6.07) is -0.787. The van der Waals surface area contributed by atoms with Crippen molar-refractivity contribution in [2.45, 2.75) is 46.2 Å². The average molecular weight is 236 g/mol. The van der Waals surface area contributed by atoms with E-state index in [-0.39, 0.29) is 29.8 Å². The molecule has 0 spiro atoms. The van der Waals surface area contributed by atoms with Gasteiger partial charge in [0.1, 0.15) is 12.6 Å². The summed E-state index contributed by atoms with van der Waals surface area (Å²) in [5, 5.41) is 2.74. The third-order valence-corrected chi connectivity index (χ3v) is 2.97. The van der Waals surface area contributed by atoms with E-state index < -0.39 is 6.04 Å². The van der Waals surface area contributed by atoms with Gasteiger partial charge in [-0.05, 0) is 11.8 Å². The normalized spacial score (nSPS) is 23.0. The number of nitrogens with one attached hydrogen (secondary N) is 1. The average Bonchev–Trinajstić information content (AvgIpc) is 2.22. The summed E-state index contributed by atoms with van der Waals surface area (Å²) in [5.74, 6) is 2.35. The van der Waals surface area contributed by atoms with Crippen LogP contribution in [0.15, 0.2) is 0 Å². The number of hydrogen-bond acceptors (Lipinski definition) is 2. The van der Waals surface area contributed by atoms with E-state index in [9.17, 15) is 9.59 Å². The highest BCUT2D eigenvalue weighted by atomic mass is 16.2. The minimum absolute atomic E-state index is 0.0636. The Bertz CT molecular complexity index is 363. The van der Waals surface area contributed by atoms with Gasteiger partial charge in [-0.15, -0.1) is 6.42 Å². The van der Waals surface area contributed by atoms with Crippen molar-refractivity contribution in [3.8, 4) is 12.3 Å². The van der Waals surface area contributed by atoms with Crippen LogP contribution in [0, 0.1) is 17.8 Å². The van der Waals surface area contributed by atoms with Crippen molar-refractivity contribution in [3.63, 3.8) is 0 Å². The lowest BCUT2D eigenvalue weighted by Crippen LogP contribution is -2.64.